The summed E-state index contributed by atoms with van der Waals surface area (Å²) in [4.78, 5) is 10.5. The van der Waals surface area contributed by atoms with Crippen molar-refractivity contribution in [1.82, 2.24) is 27.9 Å². The van der Waals surface area contributed by atoms with Gasteiger partial charge in [0.2, 0.25) is 11.6 Å². The van der Waals surface area contributed by atoms with Crippen LogP contribution in [0.25, 0.3) is 67.1 Å². The molecule has 0 atom stereocenters. The molecule has 280 valence electrons. The quantitative estimate of drug-likeness (QED) is 0.125. The molecule has 8 aromatic carbocycles. The van der Waals surface area contributed by atoms with Gasteiger partial charge in [-0.1, -0.05) is 133 Å². The number of para-hydroxylation sites is 6. The van der Waals surface area contributed by atoms with E-state index in [0.717, 1.165) is 67.1 Å². The standard InChI is InChI=1S/C52H38N6Si/c1-35-15-13-25-47-49(35)53-51-55(43-21-9-11-23-45(43)57(47)51)37-27-31-41(32-28-37)59(39-17-5-3-6-18-39,40-19-7-4-8-20-40)42-33-29-38(30-34-42)56-44-22-10-12-24-46(44)58-48-26-14-16-36(2)50(48)54-52(56)58/h3-34H,1-2H3. The zero-order chi connectivity index (χ0) is 39.2. The summed E-state index contributed by atoms with van der Waals surface area (Å²) in [5.41, 5.74) is 13.4. The molecule has 0 radical (unpaired) electrons. The van der Waals surface area contributed by atoms with Crippen LogP contribution in [-0.2, 0) is 0 Å². The van der Waals surface area contributed by atoms with Crippen LogP contribution in [-0.4, -0.2) is 36.0 Å². The molecule has 0 N–H and O–H groups in total. The summed E-state index contributed by atoms with van der Waals surface area (Å²) in [5.74, 6) is 1.83. The fourth-order valence-electron chi connectivity index (χ4n) is 9.74. The van der Waals surface area contributed by atoms with E-state index >= 15 is 0 Å². The summed E-state index contributed by atoms with van der Waals surface area (Å²) in [7, 11) is -2.86. The summed E-state index contributed by atoms with van der Waals surface area (Å²) < 4.78 is 9.22. The Balaban J connectivity index is 1.07. The van der Waals surface area contributed by atoms with Crippen molar-refractivity contribution in [3.63, 3.8) is 0 Å². The Morgan fingerprint density at radius 3 is 1.07 bits per heavy atom. The maximum Gasteiger partial charge on any atom is 0.220 e. The van der Waals surface area contributed by atoms with Crippen molar-refractivity contribution in [2.24, 2.45) is 0 Å². The first-order chi connectivity index (χ1) is 29.1. The van der Waals surface area contributed by atoms with Crippen LogP contribution < -0.4 is 20.7 Å². The Morgan fingerprint density at radius 1 is 0.322 bits per heavy atom. The topological polar surface area (TPSA) is 44.5 Å². The Morgan fingerprint density at radius 2 is 0.661 bits per heavy atom. The van der Waals surface area contributed by atoms with Gasteiger partial charge < -0.3 is 0 Å². The fourth-order valence-corrected chi connectivity index (χ4v) is 14.5. The molecule has 59 heavy (non-hydrogen) atoms. The minimum Gasteiger partial charge on any atom is -0.278 e. The summed E-state index contributed by atoms with van der Waals surface area (Å²) in [6.07, 6.45) is 0. The third-order valence-corrected chi connectivity index (χ3v) is 17.2. The number of benzene rings is 8. The van der Waals surface area contributed by atoms with Gasteiger partial charge in [-0.3, -0.25) is 17.9 Å². The van der Waals surface area contributed by atoms with Crippen molar-refractivity contribution in [2.75, 3.05) is 0 Å². The lowest BCUT2D eigenvalue weighted by Gasteiger charge is -2.34. The van der Waals surface area contributed by atoms with Crippen LogP contribution in [0.3, 0.4) is 0 Å². The van der Waals surface area contributed by atoms with Crippen LogP contribution in [0.15, 0.2) is 194 Å². The second-order valence-corrected chi connectivity index (χ2v) is 19.4. The highest BCUT2D eigenvalue weighted by Crippen LogP contribution is 2.32. The Hall–Kier alpha value is -7.48. The number of nitrogens with zero attached hydrogens (tertiary/aromatic N) is 6. The van der Waals surface area contributed by atoms with Crippen LogP contribution in [0.4, 0.5) is 0 Å². The Bertz CT molecular complexity index is 3320. The number of hydrogen-bond acceptors (Lipinski definition) is 2. The van der Waals surface area contributed by atoms with Crippen LogP contribution >= 0.6 is 0 Å². The normalized spacial score (nSPS) is 12.2. The Kier molecular flexibility index (Phi) is 7.28. The molecule has 4 heterocycles. The smallest absolute Gasteiger partial charge is 0.220 e. The lowest BCUT2D eigenvalue weighted by molar-refractivity contribution is 1.11. The van der Waals surface area contributed by atoms with Gasteiger partial charge in [0.15, 0.2) is 8.07 Å². The van der Waals surface area contributed by atoms with Gasteiger partial charge >= 0.3 is 0 Å². The number of rotatable bonds is 6. The molecule has 7 heteroatoms. The highest BCUT2D eigenvalue weighted by molar-refractivity contribution is 7.19. The molecule has 0 fully saturated rings. The fraction of sp³-hybridized carbons (Fsp3) is 0.0385. The van der Waals surface area contributed by atoms with Crippen molar-refractivity contribution in [1.29, 1.82) is 0 Å². The van der Waals surface area contributed by atoms with Crippen LogP contribution in [0.5, 0.6) is 0 Å². The summed E-state index contributed by atoms with van der Waals surface area (Å²) in [5, 5.41) is 5.29. The summed E-state index contributed by atoms with van der Waals surface area (Å²) in [6, 6.07) is 71.1. The predicted octanol–water partition coefficient (Wildman–Crippen LogP) is 9.17. The Labute approximate surface area is 341 Å². The van der Waals surface area contributed by atoms with Gasteiger partial charge in [-0.25, -0.2) is 9.97 Å². The maximum atomic E-state index is 5.25. The van der Waals surface area contributed by atoms with Gasteiger partial charge in [0.25, 0.3) is 0 Å². The molecule has 0 saturated carbocycles. The van der Waals surface area contributed by atoms with E-state index in [1.165, 1.54) is 31.9 Å². The molecule has 4 aromatic heterocycles. The second-order valence-electron chi connectivity index (χ2n) is 15.6. The lowest BCUT2D eigenvalue weighted by Crippen LogP contribution is -2.74. The van der Waals surface area contributed by atoms with Crippen LogP contribution in [0.2, 0.25) is 0 Å². The number of aryl methyl sites for hydroxylation is 2. The van der Waals surface area contributed by atoms with Gasteiger partial charge in [0.05, 0.1) is 44.1 Å². The van der Waals surface area contributed by atoms with Crippen molar-refractivity contribution in [2.45, 2.75) is 13.8 Å². The molecule has 0 aliphatic rings. The molecule has 0 spiro atoms. The molecule has 0 saturated heterocycles. The van der Waals surface area contributed by atoms with E-state index in [0.29, 0.717) is 0 Å². The first kappa shape index (κ1) is 33.6. The van der Waals surface area contributed by atoms with Crippen molar-refractivity contribution < 1.29 is 0 Å². The molecule has 0 aliphatic heterocycles. The zero-order valence-electron chi connectivity index (χ0n) is 32.7. The molecular weight excluding hydrogens is 737 g/mol. The van der Waals surface area contributed by atoms with E-state index in [1.807, 2.05) is 0 Å². The van der Waals surface area contributed by atoms with Crippen LogP contribution in [0.1, 0.15) is 11.1 Å². The van der Waals surface area contributed by atoms with Crippen molar-refractivity contribution in [3.05, 3.63) is 205 Å². The van der Waals surface area contributed by atoms with Gasteiger partial charge in [-0.05, 0) is 106 Å². The monoisotopic (exact) mass is 774 g/mol. The summed E-state index contributed by atoms with van der Waals surface area (Å²) >= 11 is 0. The van der Waals surface area contributed by atoms with E-state index < -0.39 is 8.07 Å². The molecule has 12 rings (SSSR count). The third-order valence-electron chi connectivity index (χ3n) is 12.4. The molecule has 0 unspecified atom stereocenters. The summed E-state index contributed by atoms with van der Waals surface area (Å²) in [6.45, 7) is 4.28. The largest absolute Gasteiger partial charge is 0.278 e. The van der Waals surface area contributed by atoms with Gasteiger partial charge in [0.1, 0.15) is 0 Å². The van der Waals surface area contributed by atoms with E-state index in [-0.39, 0.29) is 0 Å². The lowest BCUT2D eigenvalue weighted by atomic mass is 10.2. The average Bonchev–Trinajstić information content (AvgIpc) is 4.03. The number of fused-ring (bicyclic) bond motifs is 10. The molecular formula is C52H38N6Si. The van der Waals surface area contributed by atoms with Gasteiger partial charge in [-0.15, -0.1) is 0 Å². The van der Waals surface area contributed by atoms with Crippen LogP contribution in [0, 0.1) is 13.8 Å². The van der Waals surface area contributed by atoms with E-state index in [2.05, 4.69) is 226 Å². The average molecular weight is 775 g/mol. The van der Waals surface area contributed by atoms with E-state index in [4.69, 9.17) is 9.97 Å². The minimum absolute atomic E-state index is 0.917. The number of imidazole rings is 4. The van der Waals surface area contributed by atoms with E-state index in [9.17, 15) is 0 Å². The number of aromatic nitrogens is 6. The molecule has 0 bridgehead atoms. The molecule has 0 amide bonds. The SMILES string of the molecule is Cc1cccc2c1nc1n(-c3ccc([Si](c4ccccc4)(c4ccccc4)c4ccc(-n5c6ccccc6n6c7cccc(C)c7nc56)cc4)cc3)c3ccccc3n21. The highest BCUT2D eigenvalue weighted by atomic mass is 28.3. The van der Waals surface area contributed by atoms with E-state index in [1.54, 1.807) is 0 Å². The minimum atomic E-state index is -2.86. The third kappa shape index (κ3) is 4.73. The predicted molar refractivity (Wildman–Crippen MR) is 246 cm³/mol. The maximum absolute atomic E-state index is 5.25. The first-order valence-corrected chi connectivity index (χ1v) is 22.2. The molecule has 6 nitrogen and oxygen atoms in total. The molecule has 0 aliphatic carbocycles. The van der Waals surface area contributed by atoms with Gasteiger partial charge in [-0.2, -0.15) is 0 Å². The van der Waals surface area contributed by atoms with Crippen molar-refractivity contribution in [3.8, 4) is 11.4 Å². The first-order valence-electron chi connectivity index (χ1n) is 20.2. The second kappa shape index (κ2) is 12.8. The molecule has 12 aromatic rings. The number of hydrogen-bond donors (Lipinski definition) is 0. The van der Waals surface area contributed by atoms with Gasteiger partial charge in [0, 0.05) is 11.4 Å². The van der Waals surface area contributed by atoms with Crippen molar-refractivity contribution >= 4 is 84.5 Å². The highest BCUT2D eigenvalue weighted by Gasteiger charge is 2.41. The zero-order valence-corrected chi connectivity index (χ0v) is 33.7.